The van der Waals surface area contributed by atoms with E-state index >= 15 is 0 Å². The van der Waals surface area contributed by atoms with E-state index in [1.54, 1.807) is 6.07 Å². The molecule has 0 unspecified atom stereocenters. The van der Waals surface area contributed by atoms with Gasteiger partial charge in [-0.1, -0.05) is 30.3 Å². The minimum Gasteiger partial charge on any atom is -0.282 e. The number of aromatic nitrogens is 2. The van der Waals surface area contributed by atoms with E-state index in [0.29, 0.717) is 17.9 Å². The number of sulfonamides is 1. The molecule has 0 aliphatic heterocycles. The molecule has 7 heteroatoms. The van der Waals surface area contributed by atoms with Crippen LogP contribution in [0.3, 0.4) is 0 Å². The lowest BCUT2D eigenvalue weighted by atomic mass is 10.2. The molecule has 3 rings (SSSR count). The molecule has 2 heterocycles. The van der Waals surface area contributed by atoms with Gasteiger partial charge in [-0.3, -0.25) is 5.10 Å². The van der Waals surface area contributed by atoms with E-state index in [2.05, 4.69) is 14.9 Å². The summed E-state index contributed by atoms with van der Waals surface area (Å²) in [6, 6.07) is 11.5. The lowest BCUT2D eigenvalue weighted by Crippen LogP contribution is -2.26. The smallest absolute Gasteiger partial charge is 0.241 e. The summed E-state index contributed by atoms with van der Waals surface area (Å²) in [5.41, 5.74) is 3.96. The summed E-state index contributed by atoms with van der Waals surface area (Å²) in [5, 5.41) is 7.24. The second-order valence-electron chi connectivity index (χ2n) is 5.99. The van der Waals surface area contributed by atoms with Gasteiger partial charge in [0, 0.05) is 17.1 Å². The van der Waals surface area contributed by atoms with Crippen molar-refractivity contribution in [2.45, 2.75) is 32.1 Å². The number of hydrogen-bond donors (Lipinski definition) is 2. The summed E-state index contributed by atoms with van der Waals surface area (Å²) in [7, 11) is -3.53. The first kappa shape index (κ1) is 17.8. The quantitative estimate of drug-likeness (QED) is 0.691. The standard InChI is InChI=1S/C18H21N3O2S2/c1-12-13(2)20-21-18(12)16-11-17(14(3)24-16)25(22,23)19-10-9-15-7-5-4-6-8-15/h4-8,11,19H,9-10H2,1-3H3,(H,20,21). The first-order chi connectivity index (χ1) is 11.9. The highest BCUT2D eigenvalue weighted by Crippen LogP contribution is 2.34. The van der Waals surface area contributed by atoms with Gasteiger partial charge in [0.2, 0.25) is 10.0 Å². The Bertz CT molecular complexity index is 973. The van der Waals surface area contributed by atoms with Gasteiger partial charge >= 0.3 is 0 Å². The van der Waals surface area contributed by atoms with Crippen LogP contribution in [0.1, 0.15) is 21.7 Å². The molecule has 0 atom stereocenters. The van der Waals surface area contributed by atoms with Gasteiger partial charge in [0.15, 0.2) is 0 Å². The van der Waals surface area contributed by atoms with E-state index in [0.717, 1.165) is 32.3 Å². The van der Waals surface area contributed by atoms with Gasteiger partial charge in [-0.25, -0.2) is 13.1 Å². The van der Waals surface area contributed by atoms with E-state index in [1.807, 2.05) is 51.1 Å². The van der Waals surface area contributed by atoms with Crippen molar-refractivity contribution in [2.24, 2.45) is 0 Å². The summed E-state index contributed by atoms with van der Waals surface area (Å²) in [6.07, 6.45) is 0.660. The number of rotatable bonds is 6. The number of hydrogen-bond acceptors (Lipinski definition) is 4. The van der Waals surface area contributed by atoms with Crippen molar-refractivity contribution in [3.05, 3.63) is 58.1 Å². The highest BCUT2D eigenvalue weighted by atomic mass is 32.2. The van der Waals surface area contributed by atoms with Crippen LogP contribution < -0.4 is 4.72 Å². The molecule has 0 fully saturated rings. The Morgan fingerprint density at radius 3 is 2.52 bits per heavy atom. The predicted octanol–water partition coefficient (Wildman–Crippen LogP) is 3.58. The number of aryl methyl sites for hydroxylation is 2. The Labute approximate surface area is 152 Å². The van der Waals surface area contributed by atoms with E-state index in [9.17, 15) is 8.42 Å². The van der Waals surface area contributed by atoms with Crippen LogP contribution in [-0.2, 0) is 16.4 Å². The molecule has 0 saturated heterocycles. The van der Waals surface area contributed by atoms with Crippen molar-refractivity contribution in [3.63, 3.8) is 0 Å². The molecule has 0 bridgehead atoms. The van der Waals surface area contributed by atoms with Gasteiger partial charge in [0.1, 0.15) is 5.69 Å². The predicted molar refractivity (Wildman–Crippen MR) is 101 cm³/mol. The minimum absolute atomic E-state index is 0.334. The van der Waals surface area contributed by atoms with Crippen molar-refractivity contribution in [1.82, 2.24) is 14.9 Å². The lowest BCUT2D eigenvalue weighted by Gasteiger charge is -2.06. The maximum Gasteiger partial charge on any atom is 0.241 e. The molecular weight excluding hydrogens is 354 g/mol. The van der Waals surface area contributed by atoms with E-state index in [-0.39, 0.29) is 0 Å². The minimum atomic E-state index is -3.53. The zero-order valence-electron chi connectivity index (χ0n) is 14.5. The van der Waals surface area contributed by atoms with Crippen LogP contribution in [0, 0.1) is 20.8 Å². The Morgan fingerprint density at radius 1 is 1.16 bits per heavy atom. The molecule has 0 spiro atoms. The molecule has 25 heavy (non-hydrogen) atoms. The molecule has 1 aromatic carbocycles. The number of aromatic amines is 1. The van der Waals surface area contributed by atoms with Crippen molar-refractivity contribution >= 4 is 21.4 Å². The van der Waals surface area contributed by atoms with Gasteiger partial charge in [0.05, 0.1) is 9.77 Å². The highest BCUT2D eigenvalue weighted by molar-refractivity contribution is 7.89. The van der Waals surface area contributed by atoms with Crippen LogP contribution in [0.2, 0.25) is 0 Å². The van der Waals surface area contributed by atoms with Crippen LogP contribution in [0.25, 0.3) is 10.6 Å². The molecule has 0 aliphatic rings. The Morgan fingerprint density at radius 2 is 1.88 bits per heavy atom. The normalized spacial score (nSPS) is 11.8. The van der Waals surface area contributed by atoms with Crippen molar-refractivity contribution in [3.8, 4) is 10.6 Å². The first-order valence-corrected chi connectivity index (χ1v) is 10.3. The van der Waals surface area contributed by atoms with Gasteiger partial charge in [-0.2, -0.15) is 5.10 Å². The molecule has 2 aromatic heterocycles. The second kappa shape index (κ2) is 7.11. The molecular formula is C18H21N3O2S2. The third-order valence-electron chi connectivity index (χ3n) is 4.20. The van der Waals surface area contributed by atoms with Crippen LogP contribution in [0.4, 0.5) is 0 Å². The molecule has 3 aromatic rings. The Balaban J connectivity index is 1.77. The number of benzene rings is 1. The fourth-order valence-corrected chi connectivity index (χ4v) is 5.29. The van der Waals surface area contributed by atoms with E-state index in [1.165, 1.54) is 11.3 Å². The number of H-pyrrole nitrogens is 1. The van der Waals surface area contributed by atoms with Gasteiger partial charge in [-0.15, -0.1) is 11.3 Å². The summed E-state index contributed by atoms with van der Waals surface area (Å²) < 4.78 is 28.0. The lowest BCUT2D eigenvalue weighted by molar-refractivity contribution is 0.581. The molecule has 0 radical (unpaired) electrons. The summed E-state index contributed by atoms with van der Waals surface area (Å²) in [4.78, 5) is 1.96. The molecule has 0 aliphatic carbocycles. The highest BCUT2D eigenvalue weighted by Gasteiger charge is 2.21. The number of nitrogens with zero attached hydrogens (tertiary/aromatic N) is 1. The zero-order valence-corrected chi connectivity index (χ0v) is 16.1. The van der Waals surface area contributed by atoms with Gasteiger partial charge in [-0.05, 0) is 44.4 Å². The van der Waals surface area contributed by atoms with E-state index < -0.39 is 10.0 Å². The largest absolute Gasteiger partial charge is 0.282 e. The van der Waals surface area contributed by atoms with Gasteiger partial charge < -0.3 is 0 Å². The molecule has 132 valence electrons. The fourth-order valence-electron chi connectivity index (χ4n) is 2.63. The third-order valence-corrected chi connectivity index (χ3v) is 6.97. The zero-order chi connectivity index (χ0) is 18.0. The SMILES string of the molecule is Cc1[nH]nc(-c2cc(S(=O)(=O)NCCc3ccccc3)c(C)s2)c1C. The number of nitrogens with one attached hydrogen (secondary N) is 2. The summed E-state index contributed by atoms with van der Waals surface area (Å²) >= 11 is 1.45. The third kappa shape index (κ3) is 3.84. The van der Waals surface area contributed by atoms with Crippen LogP contribution in [0.5, 0.6) is 0 Å². The Hall–Kier alpha value is -1.96. The summed E-state index contributed by atoms with van der Waals surface area (Å²) in [6.45, 7) is 6.14. The molecule has 5 nitrogen and oxygen atoms in total. The van der Waals surface area contributed by atoms with Crippen molar-refractivity contribution in [2.75, 3.05) is 6.54 Å². The van der Waals surface area contributed by atoms with Crippen molar-refractivity contribution in [1.29, 1.82) is 0 Å². The topological polar surface area (TPSA) is 74.8 Å². The van der Waals surface area contributed by atoms with Gasteiger partial charge in [0.25, 0.3) is 0 Å². The summed E-state index contributed by atoms with van der Waals surface area (Å²) in [5.74, 6) is 0. The first-order valence-electron chi connectivity index (χ1n) is 8.04. The monoisotopic (exact) mass is 375 g/mol. The molecule has 2 N–H and O–H groups in total. The van der Waals surface area contributed by atoms with Crippen LogP contribution >= 0.6 is 11.3 Å². The average Bonchev–Trinajstić information content (AvgIpc) is 3.12. The number of thiophene rings is 1. The van der Waals surface area contributed by atoms with Crippen LogP contribution in [-0.4, -0.2) is 25.2 Å². The Kier molecular flexibility index (Phi) is 5.08. The van der Waals surface area contributed by atoms with E-state index in [4.69, 9.17) is 0 Å². The average molecular weight is 376 g/mol. The molecule has 0 amide bonds. The fraction of sp³-hybridized carbons (Fsp3) is 0.278. The molecule has 0 saturated carbocycles. The van der Waals surface area contributed by atoms with Crippen LogP contribution in [0.15, 0.2) is 41.3 Å². The maximum atomic E-state index is 12.6. The van der Waals surface area contributed by atoms with Crippen molar-refractivity contribution < 1.29 is 8.42 Å². The second-order valence-corrected chi connectivity index (χ2v) is 8.98. The maximum absolute atomic E-state index is 12.6.